The first-order valence-electron chi connectivity index (χ1n) is 10.8. The van der Waals surface area contributed by atoms with Crippen LogP contribution in [0.3, 0.4) is 0 Å². The first-order valence-corrected chi connectivity index (χ1v) is 12.6. The Labute approximate surface area is 207 Å². The molecule has 0 aliphatic rings. The van der Waals surface area contributed by atoms with Crippen LogP contribution in [-0.4, -0.2) is 27.4 Å². The molecule has 0 bridgehead atoms. The third-order valence-corrected chi connectivity index (χ3v) is 7.33. The quantitative estimate of drug-likeness (QED) is 0.370. The summed E-state index contributed by atoms with van der Waals surface area (Å²) in [6.07, 6.45) is -3.48. The summed E-state index contributed by atoms with van der Waals surface area (Å²) in [5.74, 6) is -0.641. The molecule has 0 atom stereocenters. The number of aryl methyl sites for hydroxylation is 2. The van der Waals surface area contributed by atoms with Gasteiger partial charge in [0.1, 0.15) is 6.54 Å². The van der Waals surface area contributed by atoms with E-state index < -0.39 is 39.2 Å². The van der Waals surface area contributed by atoms with Crippen molar-refractivity contribution >= 4 is 33.2 Å². The molecule has 0 aliphatic heterocycles. The SMILES string of the molecule is Cc1cccc(CCCNC(=O)CN(c2ccc(Cl)c(C(F)(F)F)c2)S(=O)(=O)c2ccccc2)c1. The van der Waals surface area contributed by atoms with Gasteiger partial charge in [0.2, 0.25) is 5.91 Å². The summed E-state index contributed by atoms with van der Waals surface area (Å²) >= 11 is 5.70. The standard InChI is InChI=1S/C25H24ClF3N2O3S/c1-18-7-5-8-19(15-18)9-6-14-30-24(32)17-31(35(33,34)21-10-3-2-4-11-21)20-12-13-23(26)22(16-20)25(27,28)29/h2-5,7-8,10-13,15-16H,6,9,14,17H2,1H3,(H,30,32). The number of amides is 1. The van der Waals surface area contributed by atoms with Gasteiger partial charge in [-0.3, -0.25) is 9.10 Å². The van der Waals surface area contributed by atoms with Crippen LogP contribution < -0.4 is 9.62 Å². The van der Waals surface area contributed by atoms with E-state index in [2.05, 4.69) is 5.32 Å². The van der Waals surface area contributed by atoms with Gasteiger partial charge in [-0.1, -0.05) is 59.6 Å². The van der Waals surface area contributed by atoms with Crippen molar-refractivity contribution in [2.75, 3.05) is 17.4 Å². The lowest BCUT2D eigenvalue weighted by atomic mass is 10.1. The average molecular weight is 525 g/mol. The first kappa shape index (κ1) is 26.6. The highest BCUT2D eigenvalue weighted by Crippen LogP contribution is 2.38. The molecule has 0 saturated heterocycles. The summed E-state index contributed by atoms with van der Waals surface area (Å²) in [4.78, 5) is 12.5. The van der Waals surface area contributed by atoms with E-state index in [0.717, 1.165) is 23.3 Å². The van der Waals surface area contributed by atoms with Crippen LogP contribution in [0.15, 0.2) is 77.7 Å². The van der Waals surface area contributed by atoms with Crippen LogP contribution in [0, 0.1) is 6.92 Å². The number of carbonyl (C=O) groups excluding carboxylic acids is 1. The molecule has 0 radical (unpaired) electrons. The number of anilines is 1. The van der Waals surface area contributed by atoms with E-state index in [9.17, 15) is 26.4 Å². The van der Waals surface area contributed by atoms with Crippen LogP contribution in [0.5, 0.6) is 0 Å². The number of nitrogens with zero attached hydrogens (tertiary/aromatic N) is 1. The van der Waals surface area contributed by atoms with Crippen molar-refractivity contribution in [1.82, 2.24) is 5.32 Å². The fourth-order valence-electron chi connectivity index (χ4n) is 3.49. The van der Waals surface area contributed by atoms with E-state index in [4.69, 9.17) is 11.6 Å². The summed E-state index contributed by atoms with van der Waals surface area (Å²) in [6.45, 7) is 1.56. The highest BCUT2D eigenvalue weighted by molar-refractivity contribution is 7.92. The van der Waals surface area contributed by atoms with Crippen LogP contribution in [0.25, 0.3) is 0 Å². The molecule has 0 spiro atoms. The van der Waals surface area contributed by atoms with Crippen LogP contribution in [0.2, 0.25) is 5.02 Å². The molecule has 0 heterocycles. The average Bonchev–Trinajstić information content (AvgIpc) is 2.80. The smallest absolute Gasteiger partial charge is 0.355 e. The molecule has 1 N–H and O–H groups in total. The lowest BCUT2D eigenvalue weighted by Gasteiger charge is -2.25. The first-order chi connectivity index (χ1) is 16.5. The number of alkyl halides is 3. The normalized spacial score (nSPS) is 11.8. The monoisotopic (exact) mass is 524 g/mol. The number of rotatable bonds is 9. The summed E-state index contributed by atoms with van der Waals surface area (Å²) in [5, 5.41) is 2.08. The predicted octanol–water partition coefficient (Wildman–Crippen LogP) is 5.61. The second kappa shape index (κ2) is 11.1. The Morgan fingerprint density at radius 2 is 1.71 bits per heavy atom. The van der Waals surface area contributed by atoms with Crippen molar-refractivity contribution in [3.63, 3.8) is 0 Å². The van der Waals surface area contributed by atoms with E-state index in [1.54, 1.807) is 6.07 Å². The van der Waals surface area contributed by atoms with Crippen molar-refractivity contribution in [1.29, 1.82) is 0 Å². The van der Waals surface area contributed by atoms with Gasteiger partial charge >= 0.3 is 6.18 Å². The molecule has 0 saturated carbocycles. The molecule has 186 valence electrons. The van der Waals surface area contributed by atoms with Crippen molar-refractivity contribution in [2.24, 2.45) is 0 Å². The topological polar surface area (TPSA) is 66.5 Å². The largest absolute Gasteiger partial charge is 0.417 e. The fraction of sp³-hybridized carbons (Fsp3) is 0.240. The van der Waals surface area contributed by atoms with Crippen molar-refractivity contribution in [3.8, 4) is 0 Å². The molecule has 35 heavy (non-hydrogen) atoms. The van der Waals surface area contributed by atoms with Crippen LogP contribution in [0.1, 0.15) is 23.1 Å². The van der Waals surface area contributed by atoms with Gasteiger partial charge in [0, 0.05) is 6.54 Å². The van der Waals surface area contributed by atoms with Crippen molar-refractivity contribution in [3.05, 3.63) is 94.5 Å². The van der Waals surface area contributed by atoms with Crippen LogP contribution >= 0.6 is 11.6 Å². The van der Waals surface area contributed by atoms with Gasteiger partial charge in [0.25, 0.3) is 10.0 Å². The summed E-state index contributed by atoms with van der Waals surface area (Å²) in [5.41, 5.74) is 0.715. The van der Waals surface area contributed by atoms with Gasteiger partial charge in [0.05, 0.1) is 21.2 Å². The number of hydrogen-bond donors (Lipinski definition) is 1. The van der Waals surface area contributed by atoms with E-state index >= 15 is 0 Å². The minimum atomic E-state index is -4.80. The number of benzene rings is 3. The van der Waals surface area contributed by atoms with E-state index in [-0.39, 0.29) is 17.1 Å². The Bertz CT molecular complexity index is 1280. The van der Waals surface area contributed by atoms with E-state index in [0.29, 0.717) is 23.2 Å². The lowest BCUT2D eigenvalue weighted by molar-refractivity contribution is -0.137. The van der Waals surface area contributed by atoms with Gasteiger partial charge in [-0.25, -0.2) is 8.42 Å². The van der Waals surface area contributed by atoms with Gasteiger partial charge in [-0.05, 0) is 55.7 Å². The predicted molar refractivity (Wildman–Crippen MR) is 130 cm³/mol. The van der Waals surface area contributed by atoms with Gasteiger partial charge in [0.15, 0.2) is 0 Å². The van der Waals surface area contributed by atoms with E-state index in [1.807, 2.05) is 31.2 Å². The highest BCUT2D eigenvalue weighted by atomic mass is 35.5. The van der Waals surface area contributed by atoms with Crippen molar-refractivity contribution < 1.29 is 26.4 Å². The molecular formula is C25H24ClF3N2O3S. The lowest BCUT2D eigenvalue weighted by Crippen LogP contribution is -2.41. The Hall–Kier alpha value is -3.04. The zero-order chi connectivity index (χ0) is 25.6. The molecule has 3 aromatic rings. The zero-order valence-corrected chi connectivity index (χ0v) is 20.4. The molecule has 10 heteroatoms. The molecular weight excluding hydrogens is 501 g/mol. The summed E-state index contributed by atoms with van der Waals surface area (Å²) in [6, 6.07) is 17.9. The molecule has 3 rings (SSSR count). The van der Waals surface area contributed by atoms with Gasteiger partial charge in [-0.2, -0.15) is 13.2 Å². The third-order valence-electron chi connectivity index (χ3n) is 5.21. The van der Waals surface area contributed by atoms with Gasteiger partial charge < -0.3 is 5.32 Å². The minimum Gasteiger partial charge on any atom is -0.355 e. The second-order valence-electron chi connectivity index (χ2n) is 7.93. The van der Waals surface area contributed by atoms with Crippen LogP contribution in [-0.2, 0) is 27.4 Å². The van der Waals surface area contributed by atoms with Crippen molar-refractivity contribution in [2.45, 2.75) is 30.8 Å². The maximum Gasteiger partial charge on any atom is 0.417 e. The summed E-state index contributed by atoms with van der Waals surface area (Å²) < 4.78 is 67.5. The molecule has 5 nitrogen and oxygen atoms in total. The molecule has 0 fully saturated rings. The number of hydrogen-bond acceptors (Lipinski definition) is 3. The Morgan fingerprint density at radius 1 is 1.00 bits per heavy atom. The minimum absolute atomic E-state index is 0.157. The maximum absolute atomic E-state index is 13.4. The van der Waals surface area contributed by atoms with Crippen LogP contribution in [0.4, 0.5) is 18.9 Å². The highest BCUT2D eigenvalue weighted by Gasteiger charge is 2.35. The van der Waals surface area contributed by atoms with Gasteiger partial charge in [-0.15, -0.1) is 0 Å². The number of sulfonamides is 1. The Morgan fingerprint density at radius 3 is 2.37 bits per heavy atom. The van der Waals surface area contributed by atoms with E-state index in [1.165, 1.54) is 24.3 Å². The molecule has 1 amide bonds. The molecule has 0 aliphatic carbocycles. The Balaban J connectivity index is 1.81. The molecule has 0 unspecified atom stereocenters. The zero-order valence-electron chi connectivity index (χ0n) is 18.8. The number of nitrogens with one attached hydrogen (secondary N) is 1. The maximum atomic E-state index is 13.4. The number of halogens is 4. The third kappa shape index (κ3) is 6.99. The fourth-order valence-corrected chi connectivity index (χ4v) is 5.15. The molecule has 0 aromatic heterocycles. The summed E-state index contributed by atoms with van der Waals surface area (Å²) in [7, 11) is -4.34. The Kier molecular flexibility index (Phi) is 8.45. The number of carbonyl (C=O) groups is 1. The molecule has 3 aromatic carbocycles. The second-order valence-corrected chi connectivity index (χ2v) is 10.2.